The lowest BCUT2D eigenvalue weighted by Crippen LogP contribution is -2.32. The average molecular weight is 250 g/mol. The average Bonchev–Trinajstić information content (AvgIpc) is 2.30. The van der Waals surface area contributed by atoms with E-state index < -0.39 is 6.10 Å². The van der Waals surface area contributed by atoms with Gasteiger partial charge in [-0.1, -0.05) is 6.07 Å². The van der Waals surface area contributed by atoms with Crippen LogP contribution in [0, 0.1) is 17.1 Å². The standard InChI is InChI=1S/C14H19FN2O/c1-10(2)17(8-4-7-16)14-6-5-12(11(3)18)9-13(14)15/h5-6,9-11,18H,4,8H2,1-3H3. The Morgan fingerprint density at radius 3 is 2.50 bits per heavy atom. The van der Waals surface area contributed by atoms with Crippen LogP contribution in [0.3, 0.4) is 0 Å². The third-order valence-corrected chi connectivity index (χ3v) is 2.85. The van der Waals surface area contributed by atoms with E-state index in [1.165, 1.54) is 6.07 Å². The van der Waals surface area contributed by atoms with E-state index in [2.05, 4.69) is 6.07 Å². The van der Waals surface area contributed by atoms with E-state index in [0.717, 1.165) is 0 Å². The number of anilines is 1. The molecule has 4 heteroatoms. The molecule has 0 aromatic heterocycles. The molecular weight excluding hydrogens is 231 g/mol. The Hall–Kier alpha value is -1.60. The molecule has 0 fully saturated rings. The van der Waals surface area contributed by atoms with Gasteiger partial charge in [0.05, 0.1) is 24.3 Å². The van der Waals surface area contributed by atoms with Gasteiger partial charge in [0.25, 0.3) is 0 Å². The topological polar surface area (TPSA) is 47.3 Å². The molecule has 1 unspecified atom stereocenters. The summed E-state index contributed by atoms with van der Waals surface area (Å²) in [4.78, 5) is 1.85. The van der Waals surface area contributed by atoms with Gasteiger partial charge < -0.3 is 10.0 Å². The number of nitrogens with zero attached hydrogens (tertiary/aromatic N) is 2. The van der Waals surface area contributed by atoms with E-state index in [9.17, 15) is 9.50 Å². The molecule has 0 aliphatic rings. The molecule has 0 aliphatic carbocycles. The van der Waals surface area contributed by atoms with Crippen LogP contribution in [0.15, 0.2) is 18.2 Å². The van der Waals surface area contributed by atoms with Gasteiger partial charge in [0, 0.05) is 12.6 Å². The van der Waals surface area contributed by atoms with Gasteiger partial charge in [-0.25, -0.2) is 4.39 Å². The van der Waals surface area contributed by atoms with Crippen LogP contribution in [-0.2, 0) is 0 Å². The summed E-state index contributed by atoms with van der Waals surface area (Å²) in [7, 11) is 0. The first-order chi connectivity index (χ1) is 8.47. The Labute approximate surface area is 107 Å². The summed E-state index contributed by atoms with van der Waals surface area (Å²) in [5.41, 5.74) is 1.03. The van der Waals surface area contributed by atoms with E-state index in [4.69, 9.17) is 5.26 Å². The molecule has 1 N–H and O–H groups in total. The first-order valence-electron chi connectivity index (χ1n) is 6.08. The van der Waals surface area contributed by atoms with E-state index >= 15 is 0 Å². The number of benzene rings is 1. The van der Waals surface area contributed by atoms with Crippen molar-refractivity contribution >= 4 is 5.69 Å². The van der Waals surface area contributed by atoms with Gasteiger partial charge in [0.1, 0.15) is 5.82 Å². The SMILES string of the molecule is CC(O)c1ccc(N(CCC#N)C(C)C)c(F)c1. The first kappa shape index (κ1) is 14.5. The van der Waals surface area contributed by atoms with Crippen LogP contribution < -0.4 is 4.90 Å². The molecule has 0 saturated heterocycles. The van der Waals surface area contributed by atoms with Crippen molar-refractivity contribution in [2.75, 3.05) is 11.4 Å². The number of aliphatic hydroxyl groups excluding tert-OH is 1. The zero-order valence-electron chi connectivity index (χ0n) is 11.0. The molecule has 3 nitrogen and oxygen atoms in total. The molecule has 0 amide bonds. The predicted octanol–water partition coefficient (Wildman–Crippen LogP) is 3.01. The molecule has 1 atom stereocenters. The van der Waals surface area contributed by atoms with Crippen molar-refractivity contribution in [1.29, 1.82) is 5.26 Å². The Balaban J connectivity index is 3.02. The normalized spacial score (nSPS) is 12.3. The summed E-state index contributed by atoms with van der Waals surface area (Å²) in [6.45, 7) is 6.02. The van der Waals surface area contributed by atoms with Crippen molar-refractivity contribution in [3.63, 3.8) is 0 Å². The molecular formula is C14H19FN2O. The molecule has 0 radical (unpaired) electrons. The smallest absolute Gasteiger partial charge is 0.146 e. The molecule has 98 valence electrons. The number of halogens is 1. The molecule has 0 aliphatic heterocycles. The van der Waals surface area contributed by atoms with Crippen molar-refractivity contribution in [3.05, 3.63) is 29.6 Å². The molecule has 1 rings (SSSR count). The van der Waals surface area contributed by atoms with Gasteiger partial charge in [0.2, 0.25) is 0 Å². The second kappa shape index (κ2) is 6.36. The Kier molecular flexibility index (Phi) is 5.11. The minimum atomic E-state index is -0.680. The zero-order valence-corrected chi connectivity index (χ0v) is 11.0. The number of aliphatic hydroxyl groups is 1. The fourth-order valence-electron chi connectivity index (χ4n) is 1.84. The van der Waals surface area contributed by atoms with Gasteiger partial charge in [0.15, 0.2) is 0 Å². The van der Waals surface area contributed by atoms with Crippen LogP contribution in [0.25, 0.3) is 0 Å². The summed E-state index contributed by atoms with van der Waals surface area (Å²) < 4.78 is 14.0. The summed E-state index contributed by atoms with van der Waals surface area (Å²) >= 11 is 0. The number of nitriles is 1. The molecule has 0 saturated carbocycles. The van der Waals surface area contributed by atoms with Crippen LogP contribution in [0.1, 0.15) is 38.9 Å². The van der Waals surface area contributed by atoms with Crippen LogP contribution >= 0.6 is 0 Å². The van der Waals surface area contributed by atoms with Crippen molar-refractivity contribution in [2.45, 2.75) is 39.3 Å². The molecule has 0 spiro atoms. The van der Waals surface area contributed by atoms with Gasteiger partial charge in [-0.2, -0.15) is 5.26 Å². The van der Waals surface area contributed by atoms with Gasteiger partial charge >= 0.3 is 0 Å². The highest BCUT2D eigenvalue weighted by Crippen LogP contribution is 2.25. The second-order valence-corrected chi connectivity index (χ2v) is 4.58. The van der Waals surface area contributed by atoms with Gasteiger partial charge in [-0.15, -0.1) is 0 Å². The Bertz CT molecular complexity index is 438. The van der Waals surface area contributed by atoms with Crippen LogP contribution in [0.5, 0.6) is 0 Å². The quantitative estimate of drug-likeness (QED) is 0.873. The van der Waals surface area contributed by atoms with Crippen LogP contribution in [0.2, 0.25) is 0 Å². The number of rotatable bonds is 5. The fraction of sp³-hybridized carbons (Fsp3) is 0.500. The lowest BCUT2D eigenvalue weighted by atomic mass is 10.1. The van der Waals surface area contributed by atoms with E-state index in [1.807, 2.05) is 18.7 Å². The largest absolute Gasteiger partial charge is 0.389 e. The van der Waals surface area contributed by atoms with Gasteiger partial charge in [-0.3, -0.25) is 0 Å². The van der Waals surface area contributed by atoms with Crippen molar-refractivity contribution in [2.24, 2.45) is 0 Å². The van der Waals surface area contributed by atoms with Gasteiger partial charge in [-0.05, 0) is 38.5 Å². The minimum Gasteiger partial charge on any atom is -0.389 e. The Morgan fingerprint density at radius 1 is 1.39 bits per heavy atom. The lowest BCUT2D eigenvalue weighted by molar-refractivity contribution is 0.199. The number of hydrogen-bond acceptors (Lipinski definition) is 3. The third kappa shape index (κ3) is 3.44. The monoisotopic (exact) mass is 250 g/mol. The highest BCUT2D eigenvalue weighted by molar-refractivity contribution is 5.50. The highest BCUT2D eigenvalue weighted by atomic mass is 19.1. The van der Waals surface area contributed by atoms with Crippen LogP contribution in [0.4, 0.5) is 10.1 Å². The van der Waals surface area contributed by atoms with Crippen molar-refractivity contribution in [1.82, 2.24) is 0 Å². The highest BCUT2D eigenvalue weighted by Gasteiger charge is 2.15. The predicted molar refractivity (Wildman–Crippen MR) is 69.7 cm³/mol. The molecule has 1 aromatic rings. The van der Waals surface area contributed by atoms with Crippen molar-refractivity contribution < 1.29 is 9.50 Å². The van der Waals surface area contributed by atoms with E-state index in [0.29, 0.717) is 24.2 Å². The number of hydrogen-bond donors (Lipinski definition) is 1. The molecule has 0 heterocycles. The van der Waals surface area contributed by atoms with Crippen molar-refractivity contribution in [3.8, 4) is 6.07 Å². The lowest BCUT2D eigenvalue weighted by Gasteiger charge is -2.28. The summed E-state index contributed by atoms with van der Waals surface area (Å²) in [5.74, 6) is -0.361. The maximum atomic E-state index is 14.0. The molecule has 18 heavy (non-hydrogen) atoms. The fourth-order valence-corrected chi connectivity index (χ4v) is 1.84. The second-order valence-electron chi connectivity index (χ2n) is 4.58. The summed E-state index contributed by atoms with van der Waals surface area (Å²) in [6.07, 6.45) is -0.323. The molecule has 1 aromatic carbocycles. The minimum absolute atomic E-state index is 0.116. The van der Waals surface area contributed by atoms with E-state index in [1.54, 1.807) is 19.1 Å². The maximum absolute atomic E-state index is 14.0. The summed E-state index contributed by atoms with van der Waals surface area (Å²) in [5, 5.41) is 18.0. The maximum Gasteiger partial charge on any atom is 0.146 e. The van der Waals surface area contributed by atoms with Crippen LogP contribution in [-0.4, -0.2) is 17.7 Å². The summed E-state index contributed by atoms with van der Waals surface area (Å²) in [6, 6.07) is 6.91. The Morgan fingerprint density at radius 2 is 2.06 bits per heavy atom. The third-order valence-electron chi connectivity index (χ3n) is 2.85. The zero-order chi connectivity index (χ0) is 13.7. The molecule has 0 bridgehead atoms. The first-order valence-corrected chi connectivity index (χ1v) is 6.08. The van der Waals surface area contributed by atoms with E-state index in [-0.39, 0.29) is 11.9 Å².